The van der Waals surface area contributed by atoms with Gasteiger partial charge < -0.3 is 9.88 Å². The van der Waals surface area contributed by atoms with Crippen LogP contribution in [0.1, 0.15) is 36.1 Å². The van der Waals surface area contributed by atoms with E-state index < -0.39 is 0 Å². The summed E-state index contributed by atoms with van der Waals surface area (Å²) < 4.78 is 0. The Hall–Kier alpha value is -1.79. The predicted octanol–water partition coefficient (Wildman–Crippen LogP) is 3.58. The van der Waals surface area contributed by atoms with Crippen molar-refractivity contribution in [3.05, 3.63) is 56.5 Å². The Bertz CT molecular complexity index is 847. The number of halogens is 1. The van der Waals surface area contributed by atoms with Crippen molar-refractivity contribution < 1.29 is 4.79 Å². The van der Waals surface area contributed by atoms with Gasteiger partial charge in [0.1, 0.15) is 0 Å². The number of amides is 1. The topological polar surface area (TPSA) is 66.1 Å². The molecule has 1 aromatic heterocycles. The van der Waals surface area contributed by atoms with Gasteiger partial charge in [-0.05, 0) is 43.9 Å². The van der Waals surface area contributed by atoms with Crippen molar-refractivity contribution in [2.45, 2.75) is 43.5 Å². The van der Waals surface area contributed by atoms with Crippen molar-refractivity contribution in [2.75, 3.05) is 13.1 Å². The van der Waals surface area contributed by atoms with E-state index in [1.54, 1.807) is 6.92 Å². The Kier molecular flexibility index (Phi) is 6.38. The number of aromatic nitrogens is 2. The number of carbonyl (C=O) groups excluding carboxylic acids is 1. The minimum atomic E-state index is -0.226. The summed E-state index contributed by atoms with van der Waals surface area (Å²) >= 11 is 7.44. The van der Waals surface area contributed by atoms with E-state index >= 15 is 0 Å². The Morgan fingerprint density at radius 3 is 2.77 bits per heavy atom. The van der Waals surface area contributed by atoms with Gasteiger partial charge in [-0.15, -0.1) is 0 Å². The zero-order chi connectivity index (χ0) is 18.5. The molecule has 0 atom stereocenters. The molecule has 1 aromatic carbocycles. The summed E-state index contributed by atoms with van der Waals surface area (Å²) in [5.74, 6) is 0.675. The van der Waals surface area contributed by atoms with E-state index in [1.165, 1.54) is 18.2 Å². The molecule has 7 heteroatoms. The molecule has 0 spiro atoms. The van der Waals surface area contributed by atoms with Gasteiger partial charge in [-0.3, -0.25) is 9.59 Å². The highest BCUT2D eigenvalue weighted by Crippen LogP contribution is 2.21. The zero-order valence-electron chi connectivity index (χ0n) is 14.8. The molecule has 0 bridgehead atoms. The Balaban J connectivity index is 1.67. The molecule has 2 aromatic rings. The fraction of sp³-hybridized carbons (Fsp3) is 0.421. The molecule has 1 aliphatic rings. The molecular formula is C19H22ClN3O2S. The fourth-order valence-electron chi connectivity index (χ4n) is 3.05. The van der Waals surface area contributed by atoms with Crippen molar-refractivity contribution in [3.63, 3.8) is 0 Å². The number of nitrogens with one attached hydrogen (secondary N) is 1. The van der Waals surface area contributed by atoms with Crippen molar-refractivity contribution in [1.82, 2.24) is 14.9 Å². The number of hydrogen-bond donors (Lipinski definition) is 1. The molecule has 0 saturated carbocycles. The maximum atomic E-state index is 12.4. The molecular weight excluding hydrogens is 370 g/mol. The largest absolute Gasteiger partial charge is 0.342 e. The van der Waals surface area contributed by atoms with E-state index in [2.05, 4.69) is 9.97 Å². The number of nitrogens with zero attached hydrogens (tertiary/aromatic N) is 2. The van der Waals surface area contributed by atoms with Crippen molar-refractivity contribution >= 4 is 29.3 Å². The van der Waals surface area contributed by atoms with Crippen LogP contribution >= 0.6 is 23.4 Å². The van der Waals surface area contributed by atoms with E-state index in [-0.39, 0.29) is 17.9 Å². The van der Waals surface area contributed by atoms with Crippen LogP contribution in [0.3, 0.4) is 0 Å². The SMILES string of the molecule is Cc1nc(SCc2cccc(Cl)c2)[nH]c(=O)c1CC(=O)N1CCCCC1. The number of aromatic amines is 1. The fourth-order valence-corrected chi connectivity index (χ4v) is 4.11. The van der Waals surface area contributed by atoms with Gasteiger partial charge in [0.15, 0.2) is 5.16 Å². The average molecular weight is 392 g/mol. The van der Waals surface area contributed by atoms with Crippen molar-refractivity contribution in [3.8, 4) is 0 Å². The third-order valence-electron chi connectivity index (χ3n) is 4.50. The van der Waals surface area contributed by atoms with Crippen LogP contribution in [0, 0.1) is 6.92 Å². The van der Waals surface area contributed by atoms with Gasteiger partial charge >= 0.3 is 0 Å². The highest BCUT2D eigenvalue weighted by Gasteiger charge is 2.19. The van der Waals surface area contributed by atoms with Gasteiger partial charge in [0, 0.05) is 35.1 Å². The van der Waals surface area contributed by atoms with Gasteiger partial charge in [0.2, 0.25) is 5.91 Å². The molecule has 1 amide bonds. The number of carbonyl (C=O) groups is 1. The number of rotatable bonds is 5. The van der Waals surface area contributed by atoms with Crippen LogP contribution in [0.25, 0.3) is 0 Å². The smallest absolute Gasteiger partial charge is 0.255 e. The lowest BCUT2D eigenvalue weighted by Crippen LogP contribution is -2.37. The number of benzene rings is 1. The lowest BCUT2D eigenvalue weighted by molar-refractivity contribution is -0.131. The second-order valence-corrected chi connectivity index (χ2v) is 7.87. The summed E-state index contributed by atoms with van der Waals surface area (Å²) in [6, 6.07) is 7.60. The van der Waals surface area contributed by atoms with E-state index in [9.17, 15) is 9.59 Å². The third kappa shape index (κ3) is 4.89. The number of piperidine rings is 1. The van der Waals surface area contributed by atoms with Crippen LogP contribution in [-0.2, 0) is 17.0 Å². The number of H-pyrrole nitrogens is 1. The second kappa shape index (κ2) is 8.73. The molecule has 1 N–H and O–H groups in total. The van der Waals surface area contributed by atoms with Crippen LogP contribution in [0.15, 0.2) is 34.2 Å². The number of hydrogen-bond acceptors (Lipinski definition) is 4. The predicted molar refractivity (Wildman–Crippen MR) is 105 cm³/mol. The molecule has 26 heavy (non-hydrogen) atoms. The van der Waals surface area contributed by atoms with Crippen LogP contribution in [-0.4, -0.2) is 33.9 Å². The molecule has 5 nitrogen and oxygen atoms in total. The quantitative estimate of drug-likeness (QED) is 0.625. The van der Waals surface area contributed by atoms with Crippen LogP contribution < -0.4 is 5.56 Å². The first-order valence-electron chi connectivity index (χ1n) is 8.78. The lowest BCUT2D eigenvalue weighted by Gasteiger charge is -2.26. The first-order chi connectivity index (χ1) is 12.5. The third-order valence-corrected chi connectivity index (χ3v) is 5.68. The lowest BCUT2D eigenvalue weighted by atomic mass is 10.1. The Morgan fingerprint density at radius 2 is 2.08 bits per heavy atom. The first-order valence-corrected chi connectivity index (χ1v) is 10.1. The zero-order valence-corrected chi connectivity index (χ0v) is 16.3. The minimum Gasteiger partial charge on any atom is -0.342 e. The summed E-state index contributed by atoms with van der Waals surface area (Å²) in [5.41, 5.74) is 1.92. The molecule has 138 valence electrons. The minimum absolute atomic E-state index is 0.0134. The molecule has 1 aliphatic heterocycles. The van der Waals surface area contributed by atoms with E-state index in [1.807, 2.05) is 29.2 Å². The summed E-state index contributed by atoms with van der Waals surface area (Å²) in [7, 11) is 0. The number of aryl methyl sites for hydroxylation is 1. The molecule has 1 fully saturated rings. The van der Waals surface area contributed by atoms with Gasteiger partial charge in [-0.2, -0.15) is 0 Å². The number of thioether (sulfide) groups is 1. The number of likely N-dealkylation sites (tertiary alicyclic amines) is 1. The van der Waals surface area contributed by atoms with Crippen molar-refractivity contribution in [2.24, 2.45) is 0 Å². The highest BCUT2D eigenvalue weighted by atomic mass is 35.5. The van der Waals surface area contributed by atoms with Gasteiger partial charge in [-0.25, -0.2) is 4.98 Å². The van der Waals surface area contributed by atoms with E-state index in [0.29, 0.717) is 27.2 Å². The monoisotopic (exact) mass is 391 g/mol. The highest BCUT2D eigenvalue weighted by molar-refractivity contribution is 7.98. The van der Waals surface area contributed by atoms with E-state index in [0.717, 1.165) is 31.5 Å². The molecule has 0 radical (unpaired) electrons. The molecule has 1 saturated heterocycles. The second-order valence-electron chi connectivity index (χ2n) is 6.47. The van der Waals surface area contributed by atoms with Crippen LogP contribution in [0.4, 0.5) is 0 Å². The standard InChI is InChI=1S/C19H22ClN3O2S/c1-13-16(11-17(24)23-8-3-2-4-9-23)18(25)22-19(21-13)26-12-14-6-5-7-15(20)10-14/h5-7,10H,2-4,8-9,11-12H2,1H3,(H,21,22,25). The summed E-state index contributed by atoms with van der Waals surface area (Å²) in [4.78, 5) is 34.0. The summed E-state index contributed by atoms with van der Waals surface area (Å²) in [6.07, 6.45) is 3.37. The van der Waals surface area contributed by atoms with Crippen molar-refractivity contribution in [1.29, 1.82) is 0 Å². The molecule has 0 unspecified atom stereocenters. The average Bonchev–Trinajstić information content (AvgIpc) is 2.63. The van der Waals surface area contributed by atoms with E-state index in [4.69, 9.17) is 11.6 Å². The van der Waals surface area contributed by atoms with Crippen LogP contribution in [0.5, 0.6) is 0 Å². The van der Waals surface area contributed by atoms with Crippen LogP contribution in [0.2, 0.25) is 5.02 Å². The Morgan fingerprint density at radius 1 is 1.31 bits per heavy atom. The molecule has 0 aliphatic carbocycles. The normalized spacial score (nSPS) is 14.5. The van der Waals surface area contributed by atoms with Gasteiger partial charge in [0.25, 0.3) is 5.56 Å². The summed E-state index contributed by atoms with van der Waals surface area (Å²) in [6.45, 7) is 3.37. The first kappa shape index (κ1) is 19.0. The van der Waals surface area contributed by atoms with Gasteiger partial charge in [-0.1, -0.05) is 35.5 Å². The molecule has 3 rings (SSSR count). The van der Waals surface area contributed by atoms with Gasteiger partial charge in [0.05, 0.1) is 6.42 Å². The summed E-state index contributed by atoms with van der Waals surface area (Å²) in [5, 5.41) is 1.24. The maximum Gasteiger partial charge on any atom is 0.255 e. The maximum absolute atomic E-state index is 12.4. The molecule has 2 heterocycles. The Labute approximate surface area is 162 Å².